The van der Waals surface area contributed by atoms with Crippen molar-refractivity contribution in [3.8, 4) is 22.8 Å². The SMILES string of the molecule is CCCN(c1cc(OC)cc(OC)c1)c1ccc2ncc(-c3cn(C)nc3C(F)(F)F)nc2c1. The van der Waals surface area contributed by atoms with Crippen molar-refractivity contribution in [3.63, 3.8) is 0 Å². The van der Waals surface area contributed by atoms with Crippen LogP contribution in [0.5, 0.6) is 11.5 Å². The highest BCUT2D eigenvalue weighted by Gasteiger charge is 2.37. The molecule has 0 unspecified atom stereocenters. The summed E-state index contributed by atoms with van der Waals surface area (Å²) in [4.78, 5) is 10.9. The molecule has 7 nitrogen and oxygen atoms in total. The minimum Gasteiger partial charge on any atom is -0.497 e. The number of aromatic nitrogens is 4. The molecular weight excluding hydrogens is 447 g/mol. The monoisotopic (exact) mass is 471 g/mol. The van der Waals surface area contributed by atoms with Crippen molar-refractivity contribution in [1.29, 1.82) is 0 Å². The maximum Gasteiger partial charge on any atom is 0.435 e. The molecule has 0 aliphatic heterocycles. The average Bonchev–Trinajstić information content (AvgIpc) is 3.23. The molecule has 4 rings (SSSR count). The highest BCUT2D eigenvalue weighted by Crippen LogP contribution is 2.37. The number of anilines is 2. The third kappa shape index (κ3) is 4.61. The van der Waals surface area contributed by atoms with Crippen LogP contribution in [0.3, 0.4) is 0 Å². The van der Waals surface area contributed by atoms with Crippen LogP contribution >= 0.6 is 0 Å². The molecule has 34 heavy (non-hydrogen) atoms. The topological polar surface area (TPSA) is 65.3 Å². The summed E-state index contributed by atoms with van der Waals surface area (Å²) in [6.07, 6.45) is -1.11. The van der Waals surface area contributed by atoms with E-state index in [9.17, 15) is 13.2 Å². The maximum absolute atomic E-state index is 13.5. The number of methoxy groups -OCH3 is 2. The van der Waals surface area contributed by atoms with Crippen molar-refractivity contribution in [2.45, 2.75) is 19.5 Å². The number of rotatable bonds is 7. The Kier molecular flexibility index (Phi) is 6.32. The standard InChI is InChI=1S/C24H24F3N5O2/c1-5-8-32(16-9-17(33-3)12-18(10-16)34-4)15-6-7-20-21(11-15)29-22(13-28-20)19-14-31(2)30-23(19)24(25,26)27/h6-7,9-14H,5,8H2,1-4H3. The Hall–Kier alpha value is -3.82. The van der Waals surface area contributed by atoms with Crippen molar-refractivity contribution in [2.24, 2.45) is 7.05 Å². The highest BCUT2D eigenvalue weighted by atomic mass is 19.4. The fraction of sp³-hybridized carbons (Fsp3) is 0.292. The third-order valence-corrected chi connectivity index (χ3v) is 5.31. The highest BCUT2D eigenvalue weighted by molar-refractivity contribution is 5.83. The van der Waals surface area contributed by atoms with Crippen LogP contribution in [-0.2, 0) is 13.2 Å². The van der Waals surface area contributed by atoms with Crippen molar-refractivity contribution < 1.29 is 22.6 Å². The molecule has 0 radical (unpaired) electrons. The summed E-state index contributed by atoms with van der Waals surface area (Å²) in [6, 6.07) is 11.1. The second-order valence-electron chi connectivity index (χ2n) is 7.71. The van der Waals surface area contributed by atoms with Crippen molar-refractivity contribution in [1.82, 2.24) is 19.7 Å². The van der Waals surface area contributed by atoms with E-state index in [4.69, 9.17) is 9.47 Å². The number of aryl methyl sites for hydroxylation is 1. The molecule has 0 saturated carbocycles. The zero-order valence-electron chi connectivity index (χ0n) is 19.2. The van der Waals surface area contributed by atoms with Gasteiger partial charge < -0.3 is 14.4 Å². The van der Waals surface area contributed by atoms with Crippen LogP contribution < -0.4 is 14.4 Å². The van der Waals surface area contributed by atoms with E-state index >= 15 is 0 Å². The minimum absolute atomic E-state index is 0.107. The van der Waals surface area contributed by atoms with E-state index in [1.54, 1.807) is 26.4 Å². The van der Waals surface area contributed by atoms with E-state index in [1.165, 1.54) is 19.4 Å². The Labute approximate surface area is 194 Å². The summed E-state index contributed by atoms with van der Waals surface area (Å²) >= 11 is 0. The summed E-state index contributed by atoms with van der Waals surface area (Å²) in [6.45, 7) is 2.75. The number of nitrogens with zero attached hydrogens (tertiary/aromatic N) is 5. The summed E-state index contributed by atoms with van der Waals surface area (Å²) in [5.74, 6) is 1.30. The summed E-state index contributed by atoms with van der Waals surface area (Å²) in [5.41, 5.74) is 1.72. The number of benzene rings is 2. The van der Waals surface area contributed by atoms with E-state index in [0.717, 1.165) is 22.5 Å². The Morgan fingerprint density at radius 2 is 1.68 bits per heavy atom. The van der Waals surface area contributed by atoms with Gasteiger partial charge in [0.2, 0.25) is 0 Å². The molecule has 10 heteroatoms. The molecule has 0 spiro atoms. The Morgan fingerprint density at radius 1 is 0.971 bits per heavy atom. The first-order valence-corrected chi connectivity index (χ1v) is 10.6. The van der Waals surface area contributed by atoms with E-state index < -0.39 is 11.9 Å². The normalized spacial score (nSPS) is 11.6. The van der Waals surface area contributed by atoms with Crippen molar-refractivity contribution >= 4 is 22.4 Å². The van der Waals surface area contributed by atoms with Gasteiger partial charge in [0.05, 0.1) is 42.7 Å². The second-order valence-corrected chi connectivity index (χ2v) is 7.71. The minimum atomic E-state index is -4.60. The van der Waals surface area contributed by atoms with Crippen LogP contribution in [0.25, 0.3) is 22.3 Å². The predicted octanol–water partition coefficient (Wildman–Crippen LogP) is 5.61. The molecule has 2 aromatic carbocycles. The first-order valence-electron chi connectivity index (χ1n) is 10.6. The quantitative estimate of drug-likeness (QED) is 0.349. The lowest BCUT2D eigenvalue weighted by Crippen LogP contribution is -2.18. The number of alkyl halides is 3. The van der Waals surface area contributed by atoms with E-state index in [1.807, 2.05) is 24.3 Å². The zero-order valence-corrected chi connectivity index (χ0v) is 19.2. The van der Waals surface area contributed by atoms with Gasteiger partial charge in [-0.3, -0.25) is 9.67 Å². The molecule has 0 atom stereocenters. The van der Waals surface area contributed by atoms with Gasteiger partial charge >= 0.3 is 6.18 Å². The zero-order chi connectivity index (χ0) is 24.5. The van der Waals surface area contributed by atoms with Crippen molar-refractivity contribution in [2.75, 3.05) is 25.7 Å². The lowest BCUT2D eigenvalue weighted by atomic mass is 10.1. The number of hydrogen-bond donors (Lipinski definition) is 0. The molecule has 0 bridgehead atoms. The molecule has 2 heterocycles. The Morgan fingerprint density at radius 3 is 2.29 bits per heavy atom. The smallest absolute Gasteiger partial charge is 0.435 e. The van der Waals surface area contributed by atoms with Gasteiger partial charge in [0.1, 0.15) is 11.5 Å². The fourth-order valence-corrected chi connectivity index (χ4v) is 3.76. The molecule has 0 aliphatic rings. The van der Waals surface area contributed by atoms with E-state index in [2.05, 4.69) is 26.9 Å². The largest absolute Gasteiger partial charge is 0.497 e. The number of fused-ring (bicyclic) bond motifs is 1. The maximum atomic E-state index is 13.5. The lowest BCUT2D eigenvalue weighted by Gasteiger charge is -2.25. The summed E-state index contributed by atoms with van der Waals surface area (Å²) in [7, 11) is 4.61. The third-order valence-electron chi connectivity index (χ3n) is 5.31. The second kappa shape index (κ2) is 9.20. The molecule has 2 aromatic heterocycles. The average molecular weight is 471 g/mol. The van der Waals surface area contributed by atoms with Gasteiger partial charge in [0, 0.05) is 49.4 Å². The molecule has 0 N–H and O–H groups in total. The number of halogens is 3. The van der Waals surface area contributed by atoms with Crippen molar-refractivity contribution in [3.05, 3.63) is 54.5 Å². The van der Waals surface area contributed by atoms with Gasteiger partial charge in [0.25, 0.3) is 0 Å². The molecule has 0 amide bonds. The van der Waals surface area contributed by atoms with Gasteiger partial charge in [-0.15, -0.1) is 0 Å². The van der Waals surface area contributed by atoms with E-state index in [-0.39, 0.29) is 11.3 Å². The molecule has 0 aliphatic carbocycles. The van der Waals surface area contributed by atoms with Gasteiger partial charge in [-0.05, 0) is 24.6 Å². The molecule has 0 saturated heterocycles. The van der Waals surface area contributed by atoms with Gasteiger partial charge in [-0.1, -0.05) is 6.92 Å². The van der Waals surface area contributed by atoms with E-state index in [0.29, 0.717) is 29.1 Å². The predicted molar refractivity (Wildman–Crippen MR) is 124 cm³/mol. The summed E-state index contributed by atoms with van der Waals surface area (Å²) < 4.78 is 52.4. The Balaban J connectivity index is 1.81. The van der Waals surface area contributed by atoms with Crippen LogP contribution in [0.15, 0.2) is 48.8 Å². The van der Waals surface area contributed by atoms with Crippen LogP contribution in [0, 0.1) is 0 Å². The number of ether oxygens (including phenoxy) is 2. The van der Waals surface area contributed by atoms with Gasteiger partial charge in [-0.2, -0.15) is 18.3 Å². The first-order chi connectivity index (χ1) is 16.2. The lowest BCUT2D eigenvalue weighted by molar-refractivity contribution is -0.141. The molecule has 4 aromatic rings. The first kappa shape index (κ1) is 23.3. The van der Waals surface area contributed by atoms with Crippen LogP contribution in [0.2, 0.25) is 0 Å². The van der Waals surface area contributed by atoms with Crippen LogP contribution in [0.4, 0.5) is 24.5 Å². The fourth-order valence-electron chi connectivity index (χ4n) is 3.76. The van der Waals surface area contributed by atoms with Gasteiger partial charge in [-0.25, -0.2) is 4.98 Å². The van der Waals surface area contributed by atoms with Crippen LogP contribution in [-0.4, -0.2) is 40.5 Å². The van der Waals surface area contributed by atoms with Gasteiger partial charge in [0.15, 0.2) is 5.69 Å². The molecular formula is C24H24F3N5O2. The molecule has 178 valence electrons. The number of hydrogen-bond acceptors (Lipinski definition) is 6. The summed E-state index contributed by atoms with van der Waals surface area (Å²) in [5, 5.41) is 3.57. The van der Waals surface area contributed by atoms with Crippen LogP contribution in [0.1, 0.15) is 19.0 Å². The Bertz CT molecular complexity index is 1300. The molecule has 0 fully saturated rings.